The molecule has 1 aromatic rings. The standard InChI is InChI=1S/C14H14BrNO3/c15-12-3-1-2-10(8-12)4-5-13(17)16-7-6-11(9-16)14(18)19/h1-5,8,11H,6-7,9H2,(H,18,19). The number of amides is 1. The van der Waals surface area contributed by atoms with E-state index >= 15 is 0 Å². The Morgan fingerprint density at radius 2 is 2.21 bits per heavy atom. The third-order valence-electron chi connectivity index (χ3n) is 3.12. The van der Waals surface area contributed by atoms with E-state index in [1.54, 1.807) is 11.0 Å². The lowest BCUT2D eigenvalue weighted by atomic mass is 10.1. The fourth-order valence-electron chi connectivity index (χ4n) is 2.05. The molecule has 1 fully saturated rings. The minimum absolute atomic E-state index is 0.135. The molecule has 1 amide bonds. The summed E-state index contributed by atoms with van der Waals surface area (Å²) in [5.74, 6) is -1.39. The predicted molar refractivity (Wildman–Crippen MR) is 75.5 cm³/mol. The number of carboxylic acids is 1. The Kier molecular flexibility index (Phi) is 4.37. The van der Waals surface area contributed by atoms with E-state index < -0.39 is 11.9 Å². The maximum Gasteiger partial charge on any atom is 0.308 e. The molecule has 0 aliphatic carbocycles. The number of hydrogen-bond acceptors (Lipinski definition) is 2. The zero-order valence-corrected chi connectivity index (χ0v) is 11.8. The molecule has 1 aliphatic heterocycles. The molecule has 1 unspecified atom stereocenters. The van der Waals surface area contributed by atoms with Crippen LogP contribution in [0.15, 0.2) is 34.8 Å². The van der Waals surface area contributed by atoms with Crippen LogP contribution in [0.25, 0.3) is 6.08 Å². The Morgan fingerprint density at radius 3 is 2.84 bits per heavy atom. The van der Waals surface area contributed by atoms with Crippen LogP contribution in [-0.2, 0) is 9.59 Å². The number of nitrogens with zero attached hydrogens (tertiary/aromatic N) is 1. The van der Waals surface area contributed by atoms with Gasteiger partial charge in [-0.15, -0.1) is 0 Å². The summed E-state index contributed by atoms with van der Waals surface area (Å²) in [5, 5.41) is 8.89. The summed E-state index contributed by atoms with van der Waals surface area (Å²) in [7, 11) is 0. The molecule has 100 valence electrons. The second-order valence-corrected chi connectivity index (χ2v) is 5.41. The Labute approximate surface area is 119 Å². The van der Waals surface area contributed by atoms with Crippen LogP contribution in [0.1, 0.15) is 12.0 Å². The van der Waals surface area contributed by atoms with E-state index in [1.165, 1.54) is 6.08 Å². The van der Waals surface area contributed by atoms with Gasteiger partial charge in [-0.05, 0) is 30.2 Å². The lowest BCUT2D eigenvalue weighted by Crippen LogP contribution is -2.28. The predicted octanol–water partition coefficient (Wildman–Crippen LogP) is 2.40. The number of aliphatic carboxylic acids is 1. The highest BCUT2D eigenvalue weighted by molar-refractivity contribution is 9.10. The van der Waals surface area contributed by atoms with Crippen molar-refractivity contribution in [3.05, 3.63) is 40.4 Å². The molecule has 4 nitrogen and oxygen atoms in total. The first-order chi connectivity index (χ1) is 9.06. The number of hydrogen-bond donors (Lipinski definition) is 1. The molecule has 1 heterocycles. The van der Waals surface area contributed by atoms with Gasteiger partial charge >= 0.3 is 5.97 Å². The molecule has 0 aromatic heterocycles. The molecule has 5 heteroatoms. The molecule has 1 aliphatic rings. The quantitative estimate of drug-likeness (QED) is 0.869. The van der Waals surface area contributed by atoms with Crippen LogP contribution in [0.2, 0.25) is 0 Å². The second kappa shape index (κ2) is 6.02. The van der Waals surface area contributed by atoms with Gasteiger partial charge in [-0.3, -0.25) is 9.59 Å². The van der Waals surface area contributed by atoms with Crippen LogP contribution in [0, 0.1) is 5.92 Å². The maximum absolute atomic E-state index is 11.9. The first-order valence-electron chi connectivity index (χ1n) is 6.01. The minimum atomic E-state index is -0.828. The van der Waals surface area contributed by atoms with Crippen molar-refractivity contribution in [1.29, 1.82) is 0 Å². The van der Waals surface area contributed by atoms with E-state index in [0.717, 1.165) is 10.0 Å². The number of carboxylic acid groups (broad SMARTS) is 1. The SMILES string of the molecule is O=C(O)C1CCN(C(=O)C=Cc2cccc(Br)c2)C1. The molecule has 1 atom stereocenters. The molecule has 1 N–H and O–H groups in total. The Bertz CT molecular complexity index is 527. The molecule has 1 saturated heterocycles. The normalized spacial score (nSPS) is 19.0. The minimum Gasteiger partial charge on any atom is -0.481 e. The van der Waals surface area contributed by atoms with E-state index in [1.807, 2.05) is 24.3 Å². The van der Waals surface area contributed by atoms with Crippen molar-refractivity contribution < 1.29 is 14.7 Å². The average molecular weight is 324 g/mol. The van der Waals surface area contributed by atoms with Crippen LogP contribution < -0.4 is 0 Å². The van der Waals surface area contributed by atoms with E-state index in [-0.39, 0.29) is 5.91 Å². The second-order valence-electron chi connectivity index (χ2n) is 4.50. The van der Waals surface area contributed by atoms with Crippen LogP contribution in [-0.4, -0.2) is 35.0 Å². The van der Waals surface area contributed by atoms with Gasteiger partial charge in [0.25, 0.3) is 0 Å². The smallest absolute Gasteiger partial charge is 0.308 e. The lowest BCUT2D eigenvalue weighted by molar-refractivity contribution is -0.141. The van der Waals surface area contributed by atoms with Gasteiger partial charge < -0.3 is 10.0 Å². The Balaban J connectivity index is 1.96. The van der Waals surface area contributed by atoms with Crippen molar-refractivity contribution in [2.45, 2.75) is 6.42 Å². The summed E-state index contributed by atoms with van der Waals surface area (Å²) in [4.78, 5) is 24.3. The van der Waals surface area contributed by atoms with Crippen molar-refractivity contribution in [1.82, 2.24) is 4.90 Å². The van der Waals surface area contributed by atoms with E-state index in [9.17, 15) is 9.59 Å². The van der Waals surface area contributed by atoms with Crippen LogP contribution >= 0.6 is 15.9 Å². The fourth-order valence-corrected chi connectivity index (χ4v) is 2.46. The summed E-state index contributed by atoms with van der Waals surface area (Å²) in [6.07, 6.45) is 3.76. The third kappa shape index (κ3) is 3.67. The summed E-state index contributed by atoms with van der Waals surface area (Å²) < 4.78 is 0.953. The number of carbonyl (C=O) groups is 2. The number of halogens is 1. The van der Waals surface area contributed by atoms with E-state index in [4.69, 9.17) is 5.11 Å². The van der Waals surface area contributed by atoms with Gasteiger partial charge in [-0.2, -0.15) is 0 Å². The summed E-state index contributed by atoms with van der Waals surface area (Å²) in [6, 6.07) is 7.62. The van der Waals surface area contributed by atoms with Crippen LogP contribution in [0.5, 0.6) is 0 Å². The first kappa shape index (κ1) is 13.8. The van der Waals surface area contributed by atoms with Gasteiger partial charge in [-0.25, -0.2) is 0 Å². The first-order valence-corrected chi connectivity index (χ1v) is 6.81. The molecule has 0 saturated carbocycles. The zero-order chi connectivity index (χ0) is 13.8. The number of rotatable bonds is 3. The highest BCUT2D eigenvalue weighted by Gasteiger charge is 2.29. The van der Waals surface area contributed by atoms with Crippen molar-refractivity contribution in [3.8, 4) is 0 Å². The number of likely N-dealkylation sites (tertiary alicyclic amines) is 1. The fraction of sp³-hybridized carbons (Fsp3) is 0.286. The largest absolute Gasteiger partial charge is 0.481 e. The monoisotopic (exact) mass is 323 g/mol. The third-order valence-corrected chi connectivity index (χ3v) is 3.61. The van der Waals surface area contributed by atoms with Gasteiger partial charge in [-0.1, -0.05) is 28.1 Å². The molecular weight excluding hydrogens is 310 g/mol. The molecule has 0 bridgehead atoms. The van der Waals surface area contributed by atoms with Gasteiger partial charge in [0.1, 0.15) is 0 Å². The zero-order valence-electron chi connectivity index (χ0n) is 10.3. The molecule has 2 rings (SSSR count). The Hall–Kier alpha value is -1.62. The van der Waals surface area contributed by atoms with Crippen LogP contribution in [0.4, 0.5) is 0 Å². The van der Waals surface area contributed by atoms with Gasteiger partial charge in [0.05, 0.1) is 5.92 Å². The van der Waals surface area contributed by atoms with Crippen molar-refractivity contribution in [2.24, 2.45) is 5.92 Å². The van der Waals surface area contributed by atoms with Crippen molar-refractivity contribution in [3.63, 3.8) is 0 Å². The topological polar surface area (TPSA) is 57.6 Å². The van der Waals surface area contributed by atoms with Crippen molar-refractivity contribution >= 4 is 33.9 Å². The molecule has 0 spiro atoms. The number of benzene rings is 1. The van der Waals surface area contributed by atoms with E-state index in [2.05, 4.69) is 15.9 Å². The highest BCUT2D eigenvalue weighted by Crippen LogP contribution is 2.17. The molecular formula is C14H14BrNO3. The maximum atomic E-state index is 11.9. The molecule has 19 heavy (non-hydrogen) atoms. The lowest BCUT2D eigenvalue weighted by Gasteiger charge is -2.12. The van der Waals surface area contributed by atoms with Gasteiger partial charge in [0.2, 0.25) is 5.91 Å². The van der Waals surface area contributed by atoms with Gasteiger partial charge in [0, 0.05) is 23.6 Å². The molecule has 0 radical (unpaired) electrons. The van der Waals surface area contributed by atoms with E-state index in [0.29, 0.717) is 19.5 Å². The van der Waals surface area contributed by atoms with Gasteiger partial charge in [0.15, 0.2) is 0 Å². The Morgan fingerprint density at radius 1 is 1.42 bits per heavy atom. The van der Waals surface area contributed by atoms with Crippen LogP contribution in [0.3, 0.4) is 0 Å². The molecule has 1 aromatic carbocycles. The average Bonchev–Trinajstić information content (AvgIpc) is 2.86. The summed E-state index contributed by atoms with van der Waals surface area (Å²) in [6.45, 7) is 0.815. The van der Waals surface area contributed by atoms with Crippen molar-refractivity contribution in [2.75, 3.05) is 13.1 Å². The highest BCUT2D eigenvalue weighted by atomic mass is 79.9. The number of carbonyl (C=O) groups excluding carboxylic acids is 1. The summed E-state index contributed by atoms with van der Waals surface area (Å²) >= 11 is 3.36. The summed E-state index contributed by atoms with van der Waals surface area (Å²) in [5.41, 5.74) is 0.928.